The number of nitrogens with two attached hydrogens (primary N) is 1. The first-order valence-electron chi connectivity index (χ1n) is 7.21. The molecule has 0 amide bonds. The molecule has 22 heavy (non-hydrogen) atoms. The predicted molar refractivity (Wildman–Crippen MR) is 89.4 cm³/mol. The van der Waals surface area contributed by atoms with Crippen LogP contribution in [0.3, 0.4) is 0 Å². The van der Waals surface area contributed by atoms with Crippen molar-refractivity contribution < 1.29 is 9.47 Å². The van der Waals surface area contributed by atoms with E-state index in [1.54, 1.807) is 0 Å². The second-order valence-electron chi connectivity index (χ2n) is 5.24. The van der Waals surface area contributed by atoms with E-state index >= 15 is 0 Å². The molecule has 1 unspecified atom stereocenters. The highest BCUT2D eigenvalue weighted by Gasteiger charge is 2.18. The van der Waals surface area contributed by atoms with Crippen molar-refractivity contribution in [1.82, 2.24) is 0 Å². The number of rotatable bonds is 4. The molecule has 0 bridgehead atoms. The summed E-state index contributed by atoms with van der Waals surface area (Å²) in [5.41, 5.74) is 8.00. The lowest BCUT2D eigenvalue weighted by molar-refractivity contribution is 0.171. The Labute approximate surface area is 139 Å². The van der Waals surface area contributed by atoms with Gasteiger partial charge in [-0.25, -0.2) is 0 Å². The highest BCUT2D eigenvalue weighted by atomic mass is 35.5. The van der Waals surface area contributed by atoms with E-state index < -0.39 is 0 Å². The molecule has 0 aliphatic carbocycles. The van der Waals surface area contributed by atoms with E-state index in [4.69, 9.17) is 38.4 Å². The van der Waals surface area contributed by atoms with Crippen LogP contribution in [0.15, 0.2) is 36.4 Å². The highest BCUT2D eigenvalue weighted by molar-refractivity contribution is 6.36. The maximum atomic E-state index is 6.26. The average molecular weight is 338 g/mol. The fourth-order valence-corrected chi connectivity index (χ4v) is 3.18. The topological polar surface area (TPSA) is 44.5 Å². The van der Waals surface area contributed by atoms with E-state index in [-0.39, 0.29) is 5.92 Å². The minimum Gasteiger partial charge on any atom is -0.486 e. The molecule has 0 saturated carbocycles. The normalized spacial score (nSPS) is 14.7. The second-order valence-corrected chi connectivity index (χ2v) is 6.05. The van der Waals surface area contributed by atoms with Crippen molar-refractivity contribution in [2.24, 2.45) is 5.73 Å². The third-order valence-electron chi connectivity index (χ3n) is 3.83. The summed E-state index contributed by atoms with van der Waals surface area (Å²) >= 11 is 12.5. The lowest BCUT2D eigenvalue weighted by Crippen LogP contribution is -2.18. The summed E-state index contributed by atoms with van der Waals surface area (Å²) in [6.07, 6.45) is 0.689. The Morgan fingerprint density at radius 1 is 1.00 bits per heavy atom. The molecule has 3 nitrogen and oxygen atoms in total. The first-order valence-corrected chi connectivity index (χ1v) is 7.97. The summed E-state index contributed by atoms with van der Waals surface area (Å²) in [4.78, 5) is 0. The molecule has 1 heterocycles. The fourth-order valence-electron chi connectivity index (χ4n) is 2.62. The Hall–Kier alpha value is -1.42. The summed E-state index contributed by atoms with van der Waals surface area (Å²) in [5, 5.41) is 1.34. The molecule has 0 aromatic heterocycles. The van der Waals surface area contributed by atoms with Gasteiger partial charge in [0.1, 0.15) is 13.2 Å². The fraction of sp³-hybridized carbons (Fsp3) is 0.294. The minimum absolute atomic E-state index is 0.119. The lowest BCUT2D eigenvalue weighted by Gasteiger charge is -2.22. The maximum Gasteiger partial charge on any atom is 0.161 e. The van der Waals surface area contributed by atoms with E-state index in [2.05, 4.69) is 0 Å². The van der Waals surface area contributed by atoms with Crippen LogP contribution >= 0.6 is 23.2 Å². The van der Waals surface area contributed by atoms with Gasteiger partial charge in [0.05, 0.1) is 0 Å². The van der Waals surface area contributed by atoms with E-state index in [9.17, 15) is 0 Å². The Balaban J connectivity index is 1.88. The summed E-state index contributed by atoms with van der Waals surface area (Å²) in [7, 11) is 0. The molecule has 2 N–H and O–H groups in total. The quantitative estimate of drug-likeness (QED) is 0.915. The maximum absolute atomic E-state index is 6.26. The van der Waals surface area contributed by atoms with E-state index in [0.29, 0.717) is 36.2 Å². The molecule has 1 aliphatic heterocycles. The summed E-state index contributed by atoms with van der Waals surface area (Å²) in [5.74, 6) is 1.67. The number of hydrogen-bond acceptors (Lipinski definition) is 3. The molecule has 0 spiro atoms. The van der Waals surface area contributed by atoms with Crippen LogP contribution in [0.4, 0.5) is 0 Å². The van der Waals surface area contributed by atoms with Gasteiger partial charge in [-0.3, -0.25) is 0 Å². The number of hydrogen-bond donors (Lipinski definition) is 1. The van der Waals surface area contributed by atoms with Crippen molar-refractivity contribution in [2.75, 3.05) is 19.8 Å². The van der Waals surface area contributed by atoms with Gasteiger partial charge in [-0.15, -0.1) is 0 Å². The van der Waals surface area contributed by atoms with Gasteiger partial charge in [0.15, 0.2) is 11.5 Å². The van der Waals surface area contributed by atoms with Gasteiger partial charge in [-0.05, 0) is 48.4 Å². The van der Waals surface area contributed by atoms with Gasteiger partial charge >= 0.3 is 0 Å². The number of halogens is 2. The Morgan fingerprint density at radius 3 is 2.36 bits per heavy atom. The van der Waals surface area contributed by atoms with Crippen LogP contribution in [-0.2, 0) is 6.42 Å². The standard InChI is InChI=1S/C17H17Cl2NO2/c18-14-2-1-3-15(19)13(14)8-12(10-20)11-4-5-16-17(9-11)22-7-6-21-16/h1-5,9,12H,6-8,10,20H2. The molecule has 3 rings (SSSR count). The van der Waals surface area contributed by atoms with Crippen molar-refractivity contribution in [1.29, 1.82) is 0 Å². The van der Waals surface area contributed by atoms with E-state index in [1.807, 2.05) is 36.4 Å². The van der Waals surface area contributed by atoms with E-state index in [1.165, 1.54) is 0 Å². The second kappa shape index (κ2) is 6.78. The number of ether oxygens (including phenoxy) is 2. The first kappa shape index (κ1) is 15.5. The molecule has 0 fully saturated rings. The molecule has 0 radical (unpaired) electrons. The third kappa shape index (κ3) is 3.17. The van der Waals surface area contributed by atoms with Gasteiger partial charge < -0.3 is 15.2 Å². The molecular formula is C17H17Cl2NO2. The molecule has 2 aromatic carbocycles. The van der Waals surface area contributed by atoms with Gasteiger partial charge in [-0.1, -0.05) is 35.3 Å². The lowest BCUT2D eigenvalue weighted by atomic mass is 9.91. The Kier molecular flexibility index (Phi) is 4.77. The van der Waals surface area contributed by atoms with Crippen LogP contribution in [0.1, 0.15) is 17.0 Å². The third-order valence-corrected chi connectivity index (χ3v) is 4.54. The van der Waals surface area contributed by atoms with Crippen LogP contribution in [0.2, 0.25) is 10.0 Å². The summed E-state index contributed by atoms with van der Waals surface area (Å²) in [6, 6.07) is 11.5. The van der Waals surface area contributed by atoms with Crippen LogP contribution < -0.4 is 15.2 Å². The average Bonchev–Trinajstić information content (AvgIpc) is 2.54. The van der Waals surface area contributed by atoms with Crippen molar-refractivity contribution in [3.8, 4) is 11.5 Å². The highest BCUT2D eigenvalue weighted by Crippen LogP contribution is 2.35. The smallest absolute Gasteiger partial charge is 0.161 e. The number of benzene rings is 2. The van der Waals surface area contributed by atoms with Gasteiger partial charge in [0, 0.05) is 16.0 Å². The van der Waals surface area contributed by atoms with Crippen molar-refractivity contribution >= 4 is 23.2 Å². The van der Waals surface area contributed by atoms with Gasteiger partial charge in [-0.2, -0.15) is 0 Å². The van der Waals surface area contributed by atoms with E-state index in [0.717, 1.165) is 22.6 Å². The monoisotopic (exact) mass is 337 g/mol. The van der Waals surface area contributed by atoms with Crippen molar-refractivity contribution in [2.45, 2.75) is 12.3 Å². The van der Waals surface area contributed by atoms with Crippen LogP contribution in [0.5, 0.6) is 11.5 Å². The first-order chi connectivity index (χ1) is 10.7. The van der Waals surface area contributed by atoms with Crippen LogP contribution in [-0.4, -0.2) is 19.8 Å². The minimum atomic E-state index is 0.119. The SMILES string of the molecule is NCC(Cc1c(Cl)cccc1Cl)c1ccc2c(c1)OCCO2. The Morgan fingerprint density at radius 2 is 1.68 bits per heavy atom. The molecule has 1 atom stereocenters. The van der Waals surface area contributed by atoms with Gasteiger partial charge in [0.25, 0.3) is 0 Å². The largest absolute Gasteiger partial charge is 0.486 e. The van der Waals surface area contributed by atoms with Crippen molar-refractivity contribution in [3.05, 3.63) is 57.6 Å². The van der Waals surface area contributed by atoms with Gasteiger partial charge in [0.2, 0.25) is 0 Å². The zero-order valence-electron chi connectivity index (χ0n) is 12.0. The molecule has 1 aliphatic rings. The zero-order chi connectivity index (χ0) is 15.5. The summed E-state index contributed by atoms with van der Waals surface area (Å²) < 4.78 is 11.2. The predicted octanol–water partition coefficient (Wildman–Crippen LogP) is 4.05. The molecule has 0 saturated heterocycles. The van der Waals surface area contributed by atoms with Crippen LogP contribution in [0, 0.1) is 0 Å². The molecule has 2 aromatic rings. The number of fused-ring (bicyclic) bond motifs is 1. The molecule has 116 valence electrons. The van der Waals surface area contributed by atoms with Crippen LogP contribution in [0.25, 0.3) is 0 Å². The molecule has 5 heteroatoms. The summed E-state index contributed by atoms with van der Waals surface area (Å²) in [6.45, 7) is 1.66. The Bertz CT molecular complexity index is 655. The van der Waals surface area contributed by atoms with Crippen molar-refractivity contribution in [3.63, 3.8) is 0 Å². The molecular weight excluding hydrogens is 321 g/mol. The zero-order valence-corrected chi connectivity index (χ0v) is 13.5.